The zero-order valence-corrected chi connectivity index (χ0v) is 25.1. The van der Waals surface area contributed by atoms with E-state index in [1.165, 1.54) is 53.6 Å². The second-order valence-electron chi connectivity index (χ2n) is 10.5. The van der Waals surface area contributed by atoms with Crippen molar-refractivity contribution in [1.29, 1.82) is 0 Å². The van der Waals surface area contributed by atoms with E-state index in [0.29, 0.717) is 22.8 Å². The minimum absolute atomic E-state index is 0.00454. The molecule has 246 valence electrons. The van der Waals surface area contributed by atoms with Gasteiger partial charge < -0.3 is 67.8 Å². The molecule has 1 aromatic heterocycles. The molecule has 0 spiro atoms. The summed E-state index contributed by atoms with van der Waals surface area (Å²) in [6.07, 6.45) is -13.1. The molecule has 2 saturated heterocycles. The number of benzene rings is 2. The van der Waals surface area contributed by atoms with Gasteiger partial charge in [0.1, 0.15) is 58.7 Å². The van der Waals surface area contributed by atoms with Crippen LogP contribution in [0.3, 0.4) is 0 Å². The van der Waals surface area contributed by atoms with Crippen LogP contribution in [-0.4, -0.2) is 116 Å². The Morgan fingerprint density at radius 1 is 0.756 bits per heavy atom. The lowest BCUT2D eigenvalue weighted by molar-refractivity contribution is -0.341. The van der Waals surface area contributed by atoms with E-state index in [0.717, 1.165) is 0 Å². The van der Waals surface area contributed by atoms with Crippen LogP contribution in [0.25, 0.3) is 22.3 Å². The van der Waals surface area contributed by atoms with Gasteiger partial charge in [-0.1, -0.05) is 0 Å². The van der Waals surface area contributed by atoms with Gasteiger partial charge in [-0.05, 0) is 19.1 Å². The topological polar surface area (TPSA) is 205 Å². The quantitative estimate of drug-likeness (QED) is 0.212. The van der Waals surface area contributed by atoms with E-state index in [1.54, 1.807) is 12.1 Å². The van der Waals surface area contributed by atoms with Crippen molar-refractivity contribution in [3.63, 3.8) is 0 Å². The molecule has 0 amide bonds. The summed E-state index contributed by atoms with van der Waals surface area (Å²) in [5.41, 5.74) is 0.00974. The minimum atomic E-state index is -1.70. The highest BCUT2D eigenvalue weighted by molar-refractivity contribution is 5.86. The van der Waals surface area contributed by atoms with Crippen LogP contribution in [0.5, 0.6) is 28.7 Å². The maximum absolute atomic E-state index is 13.6. The first-order chi connectivity index (χ1) is 21.5. The maximum Gasteiger partial charge on any atom is 0.229 e. The summed E-state index contributed by atoms with van der Waals surface area (Å²) in [4.78, 5) is 13.6. The van der Waals surface area contributed by atoms with Gasteiger partial charge in [0.05, 0.1) is 41.2 Å². The molecule has 3 heterocycles. The molecule has 5 N–H and O–H groups in total. The first-order valence-corrected chi connectivity index (χ1v) is 14.0. The number of methoxy groups -OCH3 is 4. The molecule has 0 bridgehead atoms. The molecule has 2 aromatic carbocycles. The molecule has 0 saturated carbocycles. The van der Waals surface area contributed by atoms with Crippen molar-refractivity contribution in [1.82, 2.24) is 0 Å². The Morgan fingerprint density at radius 3 is 2.07 bits per heavy atom. The Kier molecular flexibility index (Phi) is 9.71. The highest BCUT2D eigenvalue weighted by Gasteiger charge is 2.49. The zero-order chi connectivity index (χ0) is 32.6. The van der Waals surface area contributed by atoms with Gasteiger partial charge in [-0.15, -0.1) is 0 Å². The first-order valence-electron chi connectivity index (χ1n) is 14.0. The first kappa shape index (κ1) is 32.7. The van der Waals surface area contributed by atoms with Gasteiger partial charge in [0.2, 0.25) is 12.0 Å². The predicted molar refractivity (Wildman–Crippen MR) is 154 cm³/mol. The lowest BCUT2D eigenvalue weighted by Gasteiger charge is -2.44. The van der Waals surface area contributed by atoms with Crippen LogP contribution in [0, 0.1) is 0 Å². The highest BCUT2D eigenvalue weighted by atomic mass is 16.8. The summed E-state index contributed by atoms with van der Waals surface area (Å²) >= 11 is 0. The van der Waals surface area contributed by atoms with Crippen molar-refractivity contribution in [3.05, 3.63) is 40.6 Å². The van der Waals surface area contributed by atoms with Crippen molar-refractivity contribution in [2.75, 3.05) is 35.0 Å². The fourth-order valence-corrected chi connectivity index (χ4v) is 5.23. The van der Waals surface area contributed by atoms with Crippen LogP contribution in [0.15, 0.2) is 39.5 Å². The van der Waals surface area contributed by atoms with Crippen LogP contribution in [0.4, 0.5) is 0 Å². The Hall–Kier alpha value is -3.67. The number of hydrogen-bond donors (Lipinski definition) is 5. The second kappa shape index (κ2) is 13.4. The van der Waals surface area contributed by atoms with Crippen molar-refractivity contribution in [2.45, 2.75) is 62.2 Å². The molecule has 2 aliphatic rings. The normalized spacial score (nSPS) is 30.1. The average Bonchev–Trinajstić information content (AvgIpc) is 3.04. The summed E-state index contributed by atoms with van der Waals surface area (Å²) in [7, 11) is 5.78. The summed E-state index contributed by atoms with van der Waals surface area (Å²) in [5.74, 6) is 1.38. The molecule has 9 atom stereocenters. The van der Waals surface area contributed by atoms with Gasteiger partial charge in [0.25, 0.3) is 0 Å². The second-order valence-corrected chi connectivity index (χ2v) is 10.5. The summed E-state index contributed by atoms with van der Waals surface area (Å²) in [6, 6.07) is 7.38. The van der Waals surface area contributed by atoms with E-state index in [9.17, 15) is 30.3 Å². The van der Waals surface area contributed by atoms with Crippen LogP contribution in [0.2, 0.25) is 0 Å². The summed E-state index contributed by atoms with van der Waals surface area (Å²) < 4.78 is 50.8. The molecule has 0 aliphatic carbocycles. The number of aliphatic hydroxyl groups excluding tert-OH is 5. The highest BCUT2D eigenvalue weighted by Crippen LogP contribution is 2.42. The molecule has 5 rings (SSSR count). The molecule has 45 heavy (non-hydrogen) atoms. The monoisotopic (exact) mass is 636 g/mol. The smallest absolute Gasteiger partial charge is 0.229 e. The van der Waals surface area contributed by atoms with Gasteiger partial charge in [-0.2, -0.15) is 0 Å². The molecular weight excluding hydrogens is 600 g/mol. The van der Waals surface area contributed by atoms with Gasteiger partial charge in [0.15, 0.2) is 29.3 Å². The van der Waals surface area contributed by atoms with Crippen molar-refractivity contribution in [2.24, 2.45) is 0 Å². The third-order valence-corrected chi connectivity index (χ3v) is 7.73. The lowest BCUT2D eigenvalue weighted by atomic mass is 9.99. The zero-order valence-electron chi connectivity index (χ0n) is 25.1. The van der Waals surface area contributed by atoms with E-state index < -0.39 is 60.7 Å². The van der Waals surface area contributed by atoms with Gasteiger partial charge >= 0.3 is 0 Å². The summed E-state index contributed by atoms with van der Waals surface area (Å²) in [6.45, 7) is 1.13. The molecule has 15 nitrogen and oxygen atoms in total. The minimum Gasteiger partial charge on any atom is -0.496 e. The number of ether oxygens (including phenoxy) is 8. The molecule has 3 aromatic rings. The molecule has 2 fully saturated rings. The fourth-order valence-electron chi connectivity index (χ4n) is 5.23. The Bertz CT molecular complexity index is 1530. The number of fused-ring (bicyclic) bond motifs is 1. The fraction of sp³-hybridized carbons (Fsp3) is 0.500. The van der Waals surface area contributed by atoms with Crippen LogP contribution >= 0.6 is 0 Å². The Morgan fingerprint density at radius 2 is 1.44 bits per heavy atom. The van der Waals surface area contributed by atoms with Crippen molar-refractivity contribution in [3.8, 4) is 40.1 Å². The Balaban J connectivity index is 1.54. The number of aliphatic hydroxyl groups is 5. The van der Waals surface area contributed by atoms with Crippen molar-refractivity contribution < 1.29 is 67.8 Å². The number of rotatable bonds is 9. The van der Waals surface area contributed by atoms with Gasteiger partial charge in [0, 0.05) is 23.8 Å². The molecule has 0 radical (unpaired) electrons. The molecule has 15 heteroatoms. The third kappa shape index (κ3) is 6.25. The van der Waals surface area contributed by atoms with Crippen molar-refractivity contribution >= 4 is 11.0 Å². The van der Waals surface area contributed by atoms with E-state index >= 15 is 0 Å². The average molecular weight is 637 g/mol. The van der Waals surface area contributed by atoms with Crippen LogP contribution in [-0.2, 0) is 14.2 Å². The SMILES string of the molecule is COc1cc(OC2OC(C)C(O)C(O)C2OC2OCC(O)C(O)C2O)c2c(=O)cc(-c3cc(OC)c(OC)c(OC)c3)oc2c1. The molecular formula is C30H36O15. The van der Waals surface area contributed by atoms with E-state index in [4.69, 9.17) is 42.3 Å². The molecule has 2 aliphatic heterocycles. The van der Waals surface area contributed by atoms with Gasteiger partial charge in [-0.3, -0.25) is 4.79 Å². The van der Waals surface area contributed by atoms with Crippen LogP contribution < -0.4 is 29.1 Å². The van der Waals surface area contributed by atoms with Gasteiger partial charge in [-0.25, -0.2) is 0 Å². The number of hydrogen-bond acceptors (Lipinski definition) is 15. The Labute approximate surface area is 256 Å². The largest absolute Gasteiger partial charge is 0.496 e. The van der Waals surface area contributed by atoms with E-state index in [2.05, 4.69) is 0 Å². The lowest BCUT2D eigenvalue weighted by Crippen LogP contribution is -2.62. The van der Waals surface area contributed by atoms with E-state index in [1.807, 2.05) is 0 Å². The standard InChI is InChI=1S/C30H36O15/c1-12-23(33)25(35)28(45-29-26(36)24(34)16(32)11-41-29)30(42-12)44-19-9-14(37-2)8-18-22(19)15(31)10-17(43-18)13-6-20(38-3)27(40-5)21(7-13)39-4/h6-10,12,16,23-26,28-30,32-36H,11H2,1-5H3. The van der Waals surface area contributed by atoms with Crippen LogP contribution in [0.1, 0.15) is 6.92 Å². The molecule has 9 unspecified atom stereocenters. The summed E-state index contributed by atoms with van der Waals surface area (Å²) in [5, 5.41) is 51.7. The maximum atomic E-state index is 13.6. The predicted octanol–water partition coefficient (Wildman–Crippen LogP) is 0.164. The third-order valence-electron chi connectivity index (χ3n) is 7.73. The van der Waals surface area contributed by atoms with E-state index in [-0.39, 0.29) is 34.8 Å².